The van der Waals surface area contributed by atoms with Crippen LogP contribution in [0, 0.1) is 6.92 Å². The van der Waals surface area contributed by atoms with Crippen molar-refractivity contribution in [1.82, 2.24) is 4.90 Å². The second kappa shape index (κ2) is 5.19. The number of aliphatic hydroxyl groups is 1. The molecular formula is C15H25NO. The maximum atomic E-state index is 9.46. The van der Waals surface area contributed by atoms with Crippen LogP contribution in [0.25, 0.3) is 0 Å². The van der Waals surface area contributed by atoms with Crippen LogP contribution in [-0.4, -0.2) is 30.7 Å². The molecule has 0 saturated heterocycles. The fraction of sp³-hybridized carbons (Fsp3) is 0.600. The highest BCUT2D eigenvalue weighted by Gasteiger charge is 2.18. The Kier molecular flexibility index (Phi) is 4.34. The lowest BCUT2D eigenvalue weighted by Gasteiger charge is -2.26. The van der Waals surface area contributed by atoms with E-state index in [2.05, 4.69) is 50.8 Å². The normalized spacial score (nSPS) is 14.1. The van der Waals surface area contributed by atoms with Crippen LogP contribution in [0.15, 0.2) is 18.2 Å². The number of aliphatic hydroxyl groups excluding tert-OH is 1. The molecule has 0 fully saturated rings. The van der Waals surface area contributed by atoms with Crippen LogP contribution in [-0.2, 0) is 5.41 Å². The minimum atomic E-state index is 0.0871. The standard InChI is InChI=1S/C15H25NO/c1-11-9-12(15(2,3)4)7-8-13(11)14(10-17)16(5)6/h7-9,14,17H,10H2,1-6H3. The first-order valence-electron chi connectivity index (χ1n) is 6.15. The van der Waals surface area contributed by atoms with Crippen molar-refractivity contribution < 1.29 is 5.11 Å². The van der Waals surface area contributed by atoms with Crippen molar-refractivity contribution in [3.63, 3.8) is 0 Å². The molecule has 0 bridgehead atoms. The Labute approximate surface area is 105 Å². The summed E-state index contributed by atoms with van der Waals surface area (Å²) in [6.07, 6.45) is 0. The van der Waals surface area contributed by atoms with E-state index >= 15 is 0 Å². The van der Waals surface area contributed by atoms with E-state index in [0.717, 1.165) is 0 Å². The van der Waals surface area contributed by atoms with Crippen LogP contribution in [0.1, 0.15) is 43.5 Å². The number of benzene rings is 1. The molecule has 1 atom stereocenters. The molecule has 2 nitrogen and oxygen atoms in total. The Morgan fingerprint density at radius 1 is 1.24 bits per heavy atom. The molecule has 1 unspecified atom stereocenters. The number of hydrogen-bond donors (Lipinski definition) is 1. The average Bonchev–Trinajstić information content (AvgIpc) is 2.19. The number of likely N-dealkylation sites (N-methyl/N-ethyl adjacent to an activating group) is 1. The van der Waals surface area contributed by atoms with Crippen molar-refractivity contribution in [2.75, 3.05) is 20.7 Å². The van der Waals surface area contributed by atoms with Gasteiger partial charge in [0.05, 0.1) is 12.6 Å². The summed E-state index contributed by atoms with van der Waals surface area (Å²) >= 11 is 0. The van der Waals surface area contributed by atoms with E-state index in [1.807, 2.05) is 14.1 Å². The van der Waals surface area contributed by atoms with E-state index in [9.17, 15) is 5.11 Å². The predicted octanol–water partition coefficient (Wildman–Crippen LogP) is 2.89. The third kappa shape index (κ3) is 3.30. The molecule has 2 heteroatoms. The lowest BCUT2D eigenvalue weighted by Crippen LogP contribution is -2.24. The molecule has 1 rings (SSSR count). The Bertz CT molecular complexity index is 377. The van der Waals surface area contributed by atoms with Crippen molar-refractivity contribution in [2.45, 2.75) is 39.2 Å². The first-order chi connectivity index (χ1) is 7.77. The lowest BCUT2D eigenvalue weighted by atomic mass is 9.84. The van der Waals surface area contributed by atoms with Gasteiger partial charge < -0.3 is 10.0 Å². The highest BCUT2D eigenvalue weighted by Crippen LogP contribution is 2.28. The summed E-state index contributed by atoms with van der Waals surface area (Å²) in [4.78, 5) is 2.05. The quantitative estimate of drug-likeness (QED) is 0.871. The van der Waals surface area contributed by atoms with Crippen LogP contribution >= 0.6 is 0 Å². The van der Waals surface area contributed by atoms with Crippen LogP contribution in [0.4, 0.5) is 0 Å². The molecule has 0 aliphatic carbocycles. The molecular weight excluding hydrogens is 210 g/mol. The smallest absolute Gasteiger partial charge is 0.0628 e. The van der Waals surface area contributed by atoms with Crippen LogP contribution < -0.4 is 0 Å². The van der Waals surface area contributed by atoms with Gasteiger partial charge in [-0.25, -0.2) is 0 Å². The second-order valence-electron chi connectivity index (χ2n) is 5.98. The summed E-state index contributed by atoms with van der Waals surface area (Å²) < 4.78 is 0. The van der Waals surface area contributed by atoms with Crippen LogP contribution in [0.2, 0.25) is 0 Å². The van der Waals surface area contributed by atoms with Crippen molar-refractivity contribution in [3.8, 4) is 0 Å². The van der Waals surface area contributed by atoms with Gasteiger partial charge in [0.2, 0.25) is 0 Å². The largest absolute Gasteiger partial charge is 0.394 e. The van der Waals surface area contributed by atoms with Gasteiger partial charge in [0.1, 0.15) is 0 Å². The van der Waals surface area contributed by atoms with Crippen molar-refractivity contribution in [2.24, 2.45) is 0 Å². The molecule has 0 aliphatic heterocycles. The fourth-order valence-electron chi connectivity index (χ4n) is 2.06. The van der Waals surface area contributed by atoms with Gasteiger partial charge in [0.15, 0.2) is 0 Å². The van der Waals surface area contributed by atoms with Gasteiger partial charge >= 0.3 is 0 Å². The molecule has 1 N–H and O–H groups in total. The summed E-state index contributed by atoms with van der Waals surface area (Å²) in [5.41, 5.74) is 3.99. The summed E-state index contributed by atoms with van der Waals surface area (Å²) in [5.74, 6) is 0. The van der Waals surface area contributed by atoms with E-state index in [1.165, 1.54) is 16.7 Å². The van der Waals surface area contributed by atoms with E-state index in [0.29, 0.717) is 0 Å². The Hall–Kier alpha value is -0.860. The van der Waals surface area contributed by atoms with Crippen LogP contribution in [0.5, 0.6) is 0 Å². The summed E-state index contributed by atoms with van der Waals surface area (Å²) in [7, 11) is 4.00. The minimum Gasteiger partial charge on any atom is -0.394 e. The monoisotopic (exact) mass is 235 g/mol. The zero-order chi connectivity index (χ0) is 13.2. The molecule has 0 aliphatic rings. The Morgan fingerprint density at radius 2 is 1.82 bits per heavy atom. The molecule has 0 saturated carbocycles. The van der Waals surface area contributed by atoms with Gasteiger partial charge in [-0.05, 0) is 43.1 Å². The highest BCUT2D eigenvalue weighted by atomic mass is 16.3. The Morgan fingerprint density at radius 3 is 2.18 bits per heavy atom. The summed E-state index contributed by atoms with van der Waals surface area (Å²) in [6, 6.07) is 6.65. The average molecular weight is 235 g/mol. The van der Waals surface area contributed by atoms with Gasteiger partial charge in [0, 0.05) is 0 Å². The van der Waals surface area contributed by atoms with Crippen molar-refractivity contribution in [3.05, 3.63) is 34.9 Å². The van der Waals surface area contributed by atoms with E-state index < -0.39 is 0 Å². The first-order valence-corrected chi connectivity index (χ1v) is 6.15. The number of rotatable bonds is 3. The Balaban J connectivity index is 3.13. The van der Waals surface area contributed by atoms with Crippen molar-refractivity contribution in [1.29, 1.82) is 0 Å². The van der Waals surface area contributed by atoms with E-state index in [4.69, 9.17) is 0 Å². The third-order valence-corrected chi connectivity index (χ3v) is 3.29. The summed E-state index contributed by atoms with van der Waals surface area (Å²) in [5, 5.41) is 9.46. The van der Waals surface area contributed by atoms with Crippen molar-refractivity contribution >= 4 is 0 Å². The SMILES string of the molecule is Cc1cc(C(C)(C)C)ccc1C(CO)N(C)C. The van der Waals surface area contributed by atoms with Gasteiger partial charge in [-0.2, -0.15) is 0 Å². The maximum Gasteiger partial charge on any atom is 0.0628 e. The molecule has 0 heterocycles. The second-order valence-corrected chi connectivity index (χ2v) is 5.98. The van der Waals surface area contributed by atoms with E-state index in [1.54, 1.807) is 0 Å². The molecule has 0 radical (unpaired) electrons. The molecule has 0 spiro atoms. The number of aryl methyl sites for hydroxylation is 1. The number of hydrogen-bond acceptors (Lipinski definition) is 2. The molecule has 1 aromatic rings. The molecule has 17 heavy (non-hydrogen) atoms. The van der Waals surface area contributed by atoms with E-state index in [-0.39, 0.29) is 18.1 Å². The molecule has 1 aromatic carbocycles. The number of nitrogens with zero attached hydrogens (tertiary/aromatic N) is 1. The summed E-state index contributed by atoms with van der Waals surface area (Å²) in [6.45, 7) is 8.93. The zero-order valence-corrected chi connectivity index (χ0v) is 11.9. The van der Waals surface area contributed by atoms with Crippen LogP contribution in [0.3, 0.4) is 0 Å². The van der Waals surface area contributed by atoms with Gasteiger partial charge in [-0.3, -0.25) is 0 Å². The topological polar surface area (TPSA) is 23.5 Å². The van der Waals surface area contributed by atoms with Gasteiger partial charge in [0.25, 0.3) is 0 Å². The molecule has 0 aromatic heterocycles. The highest BCUT2D eigenvalue weighted by molar-refractivity contribution is 5.36. The maximum absolute atomic E-state index is 9.46. The first kappa shape index (κ1) is 14.2. The lowest BCUT2D eigenvalue weighted by molar-refractivity contribution is 0.170. The van der Waals surface area contributed by atoms with Gasteiger partial charge in [-0.15, -0.1) is 0 Å². The minimum absolute atomic E-state index is 0.0871. The third-order valence-electron chi connectivity index (χ3n) is 3.29. The fourth-order valence-corrected chi connectivity index (χ4v) is 2.06. The molecule has 96 valence electrons. The zero-order valence-electron chi connectivity index (χ0n) is 11.9. The molecule has 0 amide bonds. The van der Waals surface area contributed by atoms with Gasteiger partial charge in [-0.1, -0.05) is 39.0 Å². The predicted molar refractivity (Wildman–Crippen MR) is 73.4 cm³/mol.